The average molecular weight is 368 g/mol. The minimum absolute atomic E-state index is 0.250. The van der Waals surface area contributed by atoms with Crippen molar-refractivity contribution in [2.45, 2.75) is 62.3 Å². The van der Waals surface area contributed by atoms with Crippen molar-refractivity contribution >= 4 is 0 Å². The third-order valence-electron chi connectivity index (χ3n) is 6.66. The van der Waals surface area contributed by atoms with Gasteiger partial charge in [-0.3, -0.25) is 9.88 Å². The van der Waals surface area contributed by atoms with Crippen LogP contribution in [0.25, 0.3) is 0 Å². The molecule has 0 bridgehead atoms. The third kappa shape index (κ3) is 3.52. The normalized spacial score (nSPS) is 28.1. The molecule has 2 aliphatic heterocycles. The van der Waals surface area contributed by atoms with E-state index in [2.05, 4.69) is 21.1 Å². The lowest BCUT2D eigenvalue weighted by atomic mass is 9.90. The Morgan fingerprint density at radius 3 is 2.59 bits per heavy atom. The Morgan fingerprint density at radius 1 is 1.00 bits per heavy atom. The van der Waals surface area contributed by atoms with E-state index in [9.17, 15) is 0 Å². The van der Waals surface area contributed by atoms with Gasteiger partial charge in [0.1, 0.15) is 0 Å². The summed E-state index contributed by atoms with van der Waals surface area (Å²) in [6, 6.07) is 4.81. The maximum atomic E-state index is 5.82. The van der Waals surface area contributed by atoms with Crippen LogP contribution in [0.15, 0.2) is 29.0 Å². The van der Waals surface area contributed by atoms with Crippen LogP contribution >= 0.6 is 0 Å². The molecule has 6 nitrogen and oxygen atoms in total. The fourth-order valence-electron chi connectivity index (χ4n) is 5.11. The molecule has 3 fully saturated rings. The van der Waals surface area contributed by atoms with Gasteiger partial charge in [-0.15, -0.1) is 0 Å². The first-order valence-electron chi connectivity index (χ1n) is 10.4. The molecule has 4 heterocycles. The van der Waals surface area contributed by atoms with Gasteiger partial charge in [-0.25, -0.2) is 0 Å². The molecule has 6 heteroatoms. The van der Waals surface area contributed by atoms with Gasteiger partial charge in [0.15, 0.2) is 5.82 Å². The minimum atomic E-state index is 0.250. The van der Waals surface area contributed by atoms with Crippen LogP contribution in [0.4, 0.5) is 0 Å². The Kier molecular flexibility index (Phi) is 4.93. The summed E-state index contributed by atoms with van der Waals surface area (Å²) in [5.74, 6) is 2.85. The third-order valence-corrected chi connectivity index (χ3v) is 6.66. The van der Waals surface area contributed by atoms with E-state index in [-0.39, 0.29) is 5.92 Å². The van der Waals surface area contributed by atoms with Crippen LogP contribution in [-0.2, 0) is 4.74 Å². The fourth-order valence-corrected chi connectivity index (χ4v) is 5.11. The Bertz CT molecular complexity index is 738. The zero-order valence-corrected chi connectivity index (χ0v) is 15.8. The zero-order chi connectivity index (χ0) is 18.1. The van der Waals surface area contributed by atoms with Crippen molar-refractivity contribution in [1.29, 1.82) is 0 Å². The van der Waals surface area contributed by atoms with Crippen molar-refractivity contribution in [2.75, 3.05) is 26.3 Å². The van der Waals surface area contributed by atoms with Crippen LogP contribution < -0.4 is 0 Å². The summed E-state index contributed by atoms with van der Waals surface area (Å²) in [7, 11) is 0. The van der Waals surface area contributed by atoms with Crippen molar-refractivity contribution in [1.82, 2.24) is 20.0 Å². The molecule has 2 aromatic rings. The predicted molar refractivity (Wildman–Crippen MR) is 101 cm³/mol. The average Bonchev–Trinajstić information content (AvgIpc) is 3.49. The second-order valence-electron chi connectivity index (χ2n) is 8.27. The molecule has 0 spiro atoms. The summed E-state index contributed by atoms with van der Waals surface area (Å²) in [5, 5.41) is 4.37. The molecular weight excluding hydrogens is 340 g/mol. The van der Waals surface area contributed by atoms with Crippen molar-refractivity contribution in [3.05, 3.63) is 41.8 Å². The van der Waals surface area contributed by atoms with Crippen molar-refractivity contribution < 1.29 is 9.26 Å². The second-order valence-corrected chi connectivity index (χ2v) is 8.27. The summed E-state index contributed by atoms with van der Waals surface area (Å²) >= 11 is 0. The molecule has 2 saturated heterocycles. The first-order valence-corrected chi connectivity index (χ1v) is 10.4. The Hall–Kier alpha value is -1.79. The van der Waals surface area contributed by atoms with Crippen LogP contribution in [-0.4, -0.2) is 52.4 Å². The molecule has 0 amide bonds. The maximum Gasteiger partial charge on any atom is 0.231 e. The topological polar surface area (TPSA) is 64.3 Å². The molecule has 1 aliphatic carbocycles. The summed E-state index contributed by atoms with van der Waals surface area (Å²) < 4.78 is 11.4. The zero-order valence-electron chi connectivity index (χ0n) is 15.8. The van der Waals surface area contributed by atoms with Crippen molar-refractivity contribution in [2.24, 2.45) is 0 Å². The van der Waals surface area contributed by atoms with Gasteiger partial charge >= 0.3 is 0 Å². The number of likely N-dealkylation sites (tertiary alicyclic amines) is 1. The summed E-state index contributed by atoms with van der Waals surface area (Å²) in [4.78, 5) is 11.9. The van der Waals surface area contributed by atoms with E-state index >= 15 is 0 Å². The van der Waals surface area contributed by atoms with E-state index < -0.39 is 0 Å². The van der Waals surface area contributed by atoms with Gasteiger partial charge in [-0.05, 0) is 37.3 Å². The SMILES string of the molecule is c1cncc(C2CN(C3CCOCC3)CC2c2nc(C3CCCC3)no2)c1. The molecule has 5 rings (SSSR count). The molecule has 1 saturated carbocycles. The number of hydrogen-bond donors (Lipinski definition) is 0. The molecule has 27 heavy (non-hydrogen) atoms. The number of pyridine rings is 1. The van der Waals surface area contributed by atoms with E-state index in [0.717, 1.165) is 50.9 Å². The molecular formula is C21H28N4O2. The summed E-state index contributed by atoms with van der Waals surface area (Å²) in [5.41, 5.74) is 1.28. The van der Waals surface area contributed by atoms with Gasteiger partial charge in [0.25, 0.3) is 0 Å². The van der Waals surface area contributed by atoms with Crippen LogP contribution in [0.1, 0.15) is 73.6 Å². The largest absolute Gasteiger partial charge is 0.381 e. The van der Waals surface area contributed by atoms with Crippen molar-refractivity contribution in [3.8, 4) is 0 Å². The quantitative estimate of drug-likeness (QED) is 0.823. The van der Waals surface area contributed by atoms with E-state index in [1.165, 1.54) is 31.2 Å². The fraction of sp³-hybridized carbons (Fsp3) is 0.667. The monoisotopic (exact) mass is 368 g/mol. The number of rotatable bonds is 4. The van der Waals surface area contributed by atoms with Gasteiger partial charge in [0.2, 0.25) is 5.89 Å². The van der Waals surface area contributed by atoms with Crippen LogP contribution in [0.3, 0.4) is 0 Å². The van der Waals surface area contributed by atoms with Crippen LogP contribution in [0.2, 0.25) is 0 Å². The van der Waals surface area contributed by atoms with Gasteiger partial charge < -0.3 is 9.26 Å². The van der Waals surface area contributed by atoms with Gasteiger partial charge in [0.05, 0.1) is 5.92 Å². The summed E-state index contributed by atoms with van der Waals surface area (Å²) in [6.07, 6.45) is 11.0. The van der Waals surface area contributed by atoms with E-state index in [4.69, 9.17) is 14.2 Å². The van der Waals surface area contributed by atoms with E-state index in [0.29, 0.717) is 17.9 Å². The van der Waals surface area contributed by atoms with Crippen molar-refractivity contribution in [3.63, 3.8) is 0 Å². The van der Waals surface area contributed by atoms with Crippen LogP contribution in [0.5, 0.6) is 0 Å². The molecule has 2 aromatic heterocycles. The molecule has 2 atom stereocenters. The molecule has 144 valence electrons. The van der Waals surface area contributed by atoms with E-state index in [1.807, 2.05) is 18.5 Å². The minimum Gasteiger partial charge on any atom is -0.381 e. The highest BCUT2D eigenvalue weighted by atomic mass is 16.5. The first-order chi connectivity index (χ1) is 13.4. The smallest absolute Gasteiger partial charge is 0.231 e. The molecule has 0 radical (unpaired) electrons. The molecule has 3 aliphatic rings. The lowest BCUT2D eigenvalue weighted by molar-refractivity contribution is 0.0413. The van der Waals surface area contributed by atoms with E-state index in [1.54, 1.807) is 0 Å². The number of ether oxygens (including phenoxy) is 1. The summed E-state index contributed by atoms with van der Waals surface area (Å²) in [6.45, 7) is 3.75. The highest BCUT2D eigenvalue weighted by Gasteiger charge is 2.41. The van der Waals surface area contributed by atoms with Gasteiger partial charge in [-0.2, -0.15) is 4.98 Å². The Labute approximate surface area is 160 Å². The molecule has 2 unspecified atom stereocenters. The Balaban J connectivity index is 1.40. The highest BCUT2D eigenvalue weighted by Crippen LogP contribution is 2.41. The number of hydrogen-bond acceptors (Lipinski definition) is 6. The van der Waals surface area contributed by atoms with Gasteiger partial charge in [0, 0.05) is 56.6 Å². The maximum absolute atomic E-state index is 5.82. The first kappa shape index (κ1) is 17.3. The highest BCUT2D eigenvalue weighted by molar-refractivity contribution is 5.23. The Morgan fingerprint density at radius 2 is 1.81 bits per heavy atom. The molecule has 0 N–H and O–H groups in total. The standard InChI is InChI=1S/C21H28N4O2/c1-2-5-15(4-1)20-23-21(27-24-20)19-14-25(17-7-10-26-11-8-17)13-18(19)16-6-3-9-22-12-16/h3,6,9,12,15,17-19H,1-2,4-5,7-8,10-11,13-14H2. The number of nitrogens with zero attached hydrogens (tertiary/aromatic N) is 4. The van der Waals surface area contributed by atoms with Crippen LogP contribution in [0, 0.1) is 0 Å². The predicted octanol–water partition coefficient (Wildman–Crippen LogP) is 3.48. The van der Waals surface area contributed by atoms with Gasteiger partial charge in [-0.1, -0.05) is 24.1 Å². The number of aromatic nitrogens is 3. The lowest BCUT2D eigenvalue weighted by Gasteiger charge is -2.31. The molecule has 0 aromatic carbocycles. The second kappa shape index (κ2) is 7.68. The lowest BCUT2D eigenvalue weighted by Crippen LogP contribution is -2.38.